The zero-order valence-electron chi connectivity index (χ0n) is 16.0. The Morgan fingerprint density at radius 3 is 2.34 bits per heavy atom. The van der Waals surface area contributed by atoms with Crippen LogP contribution in [0.15, 0.2) is 48.5 Å². The molecule has 0 heterocycles. The number of nitrogens with one attached hydrogen (secondary N) is 3. The second-order valence-corrected chi connectivity index (χ2v) is 7.52. The van der Waals surface area contributed by atoms with Gasteiger partial charge in [-0.05, 0) is 49.1 Å². The molecule has 29 heavy (non-hydrogen) atoms. The summed E-state index contributed by atoms with van der Waals surface area (Å²) >= 11 is 5.85. The number of rotatable bonds is 6. The normalized spacial score (nSPS) is 13.7. The van der Waals surface area contributed by atoms with Gasteiger partial charge in [-0.15, -0.1) is 0 Å². The van der Waals surface area contributed by atoms with Gasteiger partial charge in [0, 0.05) is 17.6 Å². The van der Waals surface area contributed by atoms with Crippen molar-refractivity contribution in [2.24, 2.45) is 0 Å². The summed E-state index contributed by atoms with van der Waals surface area (Å²) in [6.07, 6.45) is 4.74. The minimum atomic E-state index is -0.803. The molecule has 1 aliphatic carbocycles. The molecule has 2 aromatic rings. The zero-order valence-corrected chi connectivity index (χ0v) is 16.8. The van der Waals surface area contributed by atoms with Crippen LogP contribution in [0, 0.1) is 0 Å². The molecule has 1 aliphatic rings. The maximum atomic E-state index is 12.6. The molecule has 3 amide bonds. The van der Waals surface area contributed by atoms with Crippen LogP contribution in [0.2, 0.25) is 5.02 Å². The summed E-state index contributed by atoms with van der Waals surface area (Å²) in [5.41, 5.74) is 1.67. The lowest BCUT2D eigenvalue weighted by atomic mass is 10.1. The molecule has 0 radical (unpaired) electrons. The zero-order chi connectivity index (χ0) is 20.6. The van der Waals surface area contributed by atoms with Crippen molar-refractivity contribution in [3.05, 3.63) is 64.7 Å². The number of carbonyl (C=O) groups is 3. The van der Waals surface area contributed by atoms with E-state index in [0.717, 1.165) is 31.2 Å². The number of amides is 3. The lowest BCUT2D eigenvalue weighted by Gasteiger charge is -2.15. The number of para-hydroxylation sites is 1. The first-order chi connectivity index (χ1) is 14.0. The molecule has 3 rings (SSSR count). The Kier molecular flexibility index (Phi) is 7.25. The molecule has 0 aromatic heterocycles. The van der Waals surface area contributed by atoms with Crippen LogP contribution >= 0.6 is 11.6 Å². The number of hydrogen-bond donors (Lipinski definition) is 3. The lowest BCUT2D eigenvalue weighted by molar-refractivity contribution is -0.136. The second kappa shape index (κ2) is 10.1. The fourth-order valence-corrected chi connectivity index (χ4v) is 3.48. The van der Waals surface area contributed by atoms with E-state index in [-0.39, 0.29) is 11.9 Å². The molecule has 7 heteroatoms. The van der Waals surface area contributed by atoms with E-state index in [2.05, 4.69) is 16.0 Å². The predicted octanol–water partition coefficient (Wildman–Crippen LogP) is 3.31. The summed E-state index contributed by atoms with van der Waals surface area (Å²) in [5, 5.41) is 8.77. The first-order valence-electron chi connectivity index (χ1n) is 9.76. The molecule has 0 bridgehead atoms. The van der Waals surface area contributed by atoms with Crippen molar-refractivity contribution in [2.45, 2.75) is 38.1 Å². The Morgan fingerprint density at radius 1 is 0.931 bits per heavy atom. The van der Waals surface area contributed by atoms with Crippen molar-refractivity contribution in [1.82, 2.24) is 10.6 Å². The number of hydrogen-bond acceptors (Lipinski definition) is 3. The van der Waals surface area contributed by atoms with Crippen LogP contribution in [-0.4, -0.2) is 30.3 Å². The van der Waals surface area contributed by atoms with Crippen LogP contribution in [-0.2, 0) is 16.0 Å². The third-order valence-electron chi connectivity index (χ3n) is 4.93. The monoisotopic (exact) mass is 413 g/mol. The third-order valence-corrected chi connectivity index (χ3v) is 5.18. The third kappa shape index (κ3) is 6.06. The average Bonchev–Trinajstić information content (AvgIpc) is 3.22. The first kappa shape index (κ1) is 20.9. The van der Waals surface area contributed by atoms with Gasteiger partial charge in [0.25, 0.3) is 5.91 Å². The van der Waals surface area contributed by atoms with Crippen molar-refractivity contribution >= 4 is 35.0 Å². The van der Waals surface area contributed by atoms with E-state index in [1.54, 1.807) is 36.4 Å². The molecule has 2 aromatic carbocycles. The van der Waals surface area contributed by atoms with E-state index in [9.17, 15) is 14.4 Å². The molecule has 1 fully saturated rings. The topological polar surface area (TPSA) is 87.3 Å². The SMILES string of the molecule is O=C(NCCc1ccc(Cl)cc1)C(=O)Nc1ccccc1C(=O)NC1CCCC1. The molecule has 6 nitrogen and oxygen atoms in total. The molecular formula is C22H24ClN3O3. The molecule has 0 atom stereocenters. The van der Waals surface area contributed by atoms with E-state index in [1.807, 2.05) is 12.1 Å². The van der Waals surface area contributed by atoms with Gasteiger partial charge in [0.15, 0.2) is 0 Å². The Bertz CT molecular complexity index is 877. The second-order valence-electron chi connectivity index (χ2n) is 7.09. The van der Waals surface area contributed by atoms with Gasteiger partial charge in [0.1, 0.15) is 0 Å². The van der Waals surface area contributed by atoms with Gasteiger partial charge in [-0.25, -0.2) is 0 Å². The highest BCUT2D eigenvalue weighted by Gasteiger charge is 2.21. The minimum Gasteiger partial charge on any atom is -0.349 e. The summed E-state index contributed by atoms with van der Waals surface area (Å²) in [7, 11) is 0. The fourth-order valence-electron chi connectivity index (χ4n) is 3.35. The van der Waals surface area contributed by atoms with E-state index in [0.29, 0.717) is 29.2 Å². The van der Waals surface area contributed by atoms with Gasteiger partial charge < -0.3 is 16.0 Å². The Morgan fingerprint density at radius 2 is 1.62 bits per heavy atom. The Hall–Kier alpha value is -2.86. The molecule has 1 saturated carbocycles. The highest BCUT2D eigenvalue weighted by Crippen LogP contribution is 2.20. The number of carbonyl (C=O) groups excluding carboxylic acids is 3. The van der Waals surface area contributed by atoms with Crippen molar-refractivity contribution in [2.75, 3.05) is 11.9 Å². The van der Waals surface area contributed by atoms with Crippen LogP contribution in [0.1, 0.15) is 41.6 Å². The first-order valence-corrected chi connectivity index (χ1v) is 10.1. The molecule has 0 saturated heterocycles. The van der Waals surface area contributed by atoms with E-state index in [1.165, 1.54) is 0 Å². The number of anilines is 1. The summed E-state index contributed by atoms with van der Waals surface area (Å²) < 4.78 is 0. The largest absolute Gasteiger partial charge is 0.349 e. The van der Waals surface area contributed by atoms with Crippen LogP contribution < -0.4 is 16.0 Å². The quantitative estimate of drug-likeness (QED) is 0.635. The van der Waals surface area contributed by atoms with Crippen molar-refractivity contribution in [3.8, 4) is 0 Å². The molecule has 152 valence electrons. The van der Waals surface area contributed by atoms with E-state index >= 15 is 0 Å². The number of benzene rings is 2. The summed E-state index contributed by atoms with van der Waals surface area (Å²) in [4.78, 5) is 36.9. The maximum absolute atomic E-state index is 12.6. The van der Waals surface area contributed by atoms with Crippen LogP contribution in [0.4, 0.5) is 5.69 Å². The standard InChI is InChI=1S/C22H24ClN3O3/c23-16-11-9-15(10-12-16)13-14-24-21(28)22(29)26-19-8-4-3-7-18(19)20(27)25-17-5-1-2-6-17/h3-4,7-12,17H,1-2,5-6,13-14H2,(H,24,28)(H,25,27)(H,26,29). The predicted molar refractivity (Wildman–Crippen MR) is 113 cm³/mol. The van der Waals surface area contributed by atoms with E-state index < -0.39 is 11.8 Å². The smallest absolute Gasteiger partial charge is 0.313 e. The Balaban J connectivity index is 1.53. The summed E-state index contributed by atoms with van der Waals surface area (Å²) in [6, 6.07) is 14.1. The number of halogens is 1. The van der Waals surface area contributed by atoms with Gasteiger partial charge >= 0.3 is 11.8 Å². The lowest BCUT2D eigenvalue weighted by Crippen LogP contribution is -2.37. The fraction of sp³-hybridized carbons (Fsp3) is 0.318. The van der Waals surface area contributed by atoms with Gasteiger partial charge in [-0.3, -0.25) is 14.4 Å². The maximum Gasteiger partial charge on any atom is 0.313 e. The van der Waals surface area contributed by atoms with Crippen molar-refractivity contribution in [3.63, 3.8) is 0 Å². The highest BCUT2D eigenvalue weighted by molar-refractivity contribution is 6.40. The van der Waals surface area contributed by atoms with Crippen LogP contribution in [0.3, 0.4) is 0 Å². The van der Waals surface area contributed by atoms with Crippen LogP contribution in [0.5, 0.6) is 0 Å². The summed E-state index contributed by atoms with van der Waals surface area (Å²) in [6.45, 7) is 0.317. The molecule has 0 unspecified atom stereocenters. The molecule has 0 aliphatic heterocycles. The van der Waals surface area contributed by atoms with Gasteiger partial charge in [0.05, 0.1) is 11.3 Å². The molecular weight excluding hydrogens is 390 g/mol. The van der Waals surface area contributed by atoms with Gasteiger partial charge in [0.2, 0.25) is 0 Å². The van der Waals surface area contributed by atoms with Gasteiger partial charge in [-0.1, -0.05) is 48.7 Å². The summed E-state index contributed by atoms with van der Waals surface area (Å²) in [5.74, 6) is -1.79. The van der Waals surface area contributed by atoms with Crippen molar-refractivity contribution in [1.29, 1.82) is 0 Å². The molecule has 0 spiro atoms. The van der Waals surface area contributed by atoms with Crippen molar-refractivity contribution < 1.29 is 14.4 Å². The minimum absolute atomic E-state index is 0.169. The average molecular weight is 414 g/mol. The highest BCUT2D eigenvalue weighted by atomic mass is 35.5. The molecule has 3 N–H and O–H groups in total. The van der Waals surface area contributed by atoms with Gasteiger partial charge in [-0.2, -0.15) is 0 Å². The van der Waals surface area contributed by atoms with E-state index in [4.69, 9.17) is 11.6 Å². The van der Waals surface area contributed by atoms with Crippen LogP contribution in [0.25, 0.3) is 0 Å². The Labute approximate surface area is 175 Å².